The zero-order chi connectivity index (χ0) is 15.4. The molecule has 21 heavy (non-hydrogen) atoms. The summed E-state index contributed by atoms with van der Waals surface area (Å²) < 4.78 is 26.1. The van der Waals surface area contributed by atoms with E-state index in [0.717, 1.165) is 25.0 Å². The zero-order valence-electron chi connectivity index (χ0n) is 12.0. The molecule has 1 aliphatic rings. The number of nitrogens with zero attached hydrogens (tertiary/aromatic N) is 1. The van der Waals surface area contributed by atoms with Gasteiger partial charge < -0.3 is 15.3 Å². The van der Waals surface area contributed by atoms with E-state index in [0.29, 0.717) is 18.7 Å². The van der Waals surface area contributed by atoms with Crippen LogP contribution in [0, 0.1) is 11.6 Å². The molecule has 2 rings (SSSR count). The van der Waals surface area contributed by atoms with Crippen molar-refractivity contribution >= 4 is 6.03 Å². The van der Waals surface area contributed by atoms with Crippen LogP contribution in [-0.4, -0.2) is 41.8 Å². The van der Waals surface area contributed by atoms with E-state index < -0.39 is 11.6 Å². The monoisotopic (exact) mass is 298 g/mol. The maximum Gasteiger partial charge on any atom is 0.317 e. The van der Waals surface area contributed by atoms with Crippen LogP contribution >= 0.6 is 0 Å². The molecule has 1 aromatic rings. The van der Waals surface area contributed by atoms with Crippen molar-refractivity contribution in [2.75, 3.05) is 19.7 Å². The molecule has 4 nitrogen and oxygen atoms in total. The standard InChI is InChI=1S/C15H20F2N2O2/c1-10(11-4-5-13(16)14(17)7-11)8-18-15(21)19-6-2-3-12(19)9-20/h4-5,7,10,12,20H,2-3,6,8-9H2,1H3,(H,18,21)/t10-,12+/m0/s1. The number of likely N-dealkylation sites (tertiary alicyclic amines) is 1. The van der Waals surface area contributed by atoms with Gasteiger partial charge >= 0.3 is 6.03 Å². The Hall–Kier alpha value is -1.69. The number of aliphatic hydroxyl groups excluding tert-OH is 1. The summed E-state index contributed by atoms with van der Waals surface area (Å²) in [4.78, 5) is 13.7. The second-order valence-corrected chi connectivity index (χ2v) is 5.43. The predicted molar refractivity (Wildman–Crippen MR) is 75.0 cm³/mol. The molecule has 1 fully saturated rings. The molecule has 1 heterocycles. The molecule has 0 saturated carbocycles. The van der Waals surface area contributed by atoms with Crippen LogP contribution in [0.5, 0.6) is 0 Å². The highest BCUT2D eigenvalue weighted by atomic mass is 19.2. The van der Waals surface area contributed by atoms with E-state index in [1.54, 1.807) is 4.90 Å². The molecule has 0 aromatic heterocycles. The van der Waals surface area contributed by atoms with Crippen LogP contribution in [-0.2, 0) is 0 Å². The average molecular weight is 298 g/mol. The van der Waals surface area contributed by atoms with Crippen molar-refractivity contribution in [3.8, 4) is 0 Å². The number of nitrogens with one attached hydrogen (secondary N) is 1. The highest BCUT2D eigenvalue weighted by Crippen LogP contribution is 2.19. The summed E-state index contributed by atoms with van der Waals surface area (Å²) in [6.07, 6.45) is 1.69. The molecule has 0 unspecified atom stereocenters. The molecule has 0 radical (unpaired) electrons. The Morgan fingerprint density at radius 2 is 2.24 bits per heavy atom. The summed E-state index contributed by atoms with van der Waals surface area (Å²) >= 11 is 0. The van der Waals surface area contributed by atoms with Crippen LogP contribution in [0.2, 0.25) is 0 Å². The summed E-state index contributed by atoms with van der Waals surface area (Å²) in [5.74, 6) is -1.89. The van der Waals surface area contributed by atoms with Gasteiger partial charge in [0.15, 0.2) is 11.6 Å². The van der Waals surface area contributed by atoms with Gasteiger partial charge in [-0.1, -0.05) is 13.0 Å². The van der Waals surface area contributed by atoms with Gasteiger partial charge in [-0.25, -0.2) is 13.6 Å². The quantitative estimate of drug-likeness (QED) is 0.895. The lowest BCUT2D eigenvalue weighted by Crippen LogP contribution is -2.45. The number of carbonyl (C=O) groups is 1. The van der Waals surface area contributed by atoms with Crippen molar-refractivity contribution in [3.05, 3.63) is 35.4 Å². The van der Waals surface area contributed by atoms with Gasteiger partial charge in [-0.05, 0) is 36.5 Å². The smallest absolute Gasteiger partial charge is 0.317 e. The molecule has 0 spiro atoms. The number of rotatable bonds is 4. The molecule has 2 amide bonds. The highest BCUT2D eigenvalue weighted by Gasteiger charge is 2.28. The number of carbonyl (C=O) groups excluding carboxylic acids is 1. The van der Waals surface area contributed by atoms with Crippen molar-refractivity contribution in [1.29, 1.82) is 0 Å². The maximum absolute atomic E-state index is 13.2. The third-order valence-corrected chi connectivity index (χ3v) is 3.92. The molecule has 1 aromatic carbocycles. The second kappa shape index (κ2) is 6.85. The average Bonchev–Trinajstić information content (AvgIpc) is 2.95. The molecule has 116 valence electrons. The van der Waals surface area contributed by atoms with E-state index in [2.05, 4.69) is 5.32 Å². The van der Waals surface area contributed by atoms with Crippen LogP contribution < -0.4 is 5.32 Å². The Morgan fingerprint density at radius 3 is 2.90 bits per heavy atom. The number of amides is 2. The minimum atomic E-state index is -0.884. The number of hydrogen-bond donors (Lipinski definition) is 2. The Bertz CT molecular complexity index is 510. The van der Waals surface area contributed by atoms with Crippen molar-refractivity contribution < 1.29 is 18.7 Å². The normalized spacial score (nSPS) is 19.6. The fraction of sp³-hybridized carbons (Fsp3) is 0.533. The molecule has 2 atom stereocenters. The van der Waals surface area contributed by atoms with E-state index in [1.807, 2.05) is 6.92 Å². The van der Waals surface area contributed by atoms with Crippen molar-refractivity contribution in [1.82, 2.24) is 10.2 Å². The van der Waals surface area contributed by atoms with Gasteiger partial charge in [-0.15, -0.1) is 0 Å². The van der Waals surface area contributed by atoms with Gasteiger partial charge in [-0.2, -0.15) is 0 Å². The fourth-order valence-corrected chi connectivity index (χ4v) is 2.57. The molecule has 0 aliphatic carbocycles. The highest BCUT2D eigenvalue weighted by molar-refractivity contribution is 5.74. The Morgan fingerprint density at radius 1 is 1.48 bits per heavy atom. The summed E-state index contributed by atoms with van der Waals surface area (Å²) in [6, 6.07) is 3.41. The van der Waals surface area contributed by atoms with E-state index in [9.17, 15) is 18.7 Å². The molecule has 1 aliphatic heterocycles. The third-order valence-electron chi connectivity index (χ3n) is 3.92. The number of aliphatic hydroxyl groups is 1. The molecular formula is C15H20F2N2O2. The number of halogens is 2. The lowest BCUT2D eigenvalue weighted by atomic mass is 10.0. The Balaban J connectivity index is 1.89. The van der Waals surface area contributed by atoms with Gasteiger partial charge in [-0.3, -0.25) is 0 Å². The second-order valence-electron chi connectivity index (χ2n) is 5.43. The first-order chi connectivity index (χ1) is 10.0. The minimum Gasteiger partial charge on any atom is -0.394 e. The molecule has 0 bridgehead atoms. The summed E-state index contributed by atoms with van der Waals surface area (Å²) in [5.41, 5.74) is 0.634. The summed E-state index contributed by atoms with van der Waals surface area (Å²) in [6.45, 7) is 2.77. The SMILES string of the molecule is C[C@@H](CNC(=O)N1CCC[C@@H]1CO)c1ccc(F)c(F)c1. The van der Waals surface area contributed by atoms with E-state index >= 15 is 0 Å². The third kappa shape index (κ3) is 3.69. The predicted octanol–water partition coefficient (Wildman–Crippen LogP) is 2.23. The van der Waals surface area contributed by atoms with Crippen molar-refractivity contribution in [3.63, 3.8) is 0 Å². The lowest BCUT2D eigenvalue weighted by molar-refractivity contribution is 0.157. The topological polar surface area (TPSA) is 52.6 Å². The number of urea groups is 1. The Labute approximate surface area is 122 Å². The maximum atomic E-state index is 13.2. The zero-order valence-corrected chi connectivity index (χ0v) is 12.0. The first-order valence-corrected chi connectivity index (χ1v) is 7.13. The van der Waals surface area contributed by atoms with Crippen LogP contribution in [0.15, 0.2) is 18.2 Å². The van der Waals surface area contributed by atoms with Crippen LogP contribution in [0.1, 0.15) is 31.2 Å². The number of hydrogen-bond acceptors (Lipinski definition) is 2. The number of benzene rings is 1. The van der Waals surface area contributed by atoms with Crippen molar-refractivity contribution in [2.45, 2.75) is 31.7 Å². The van der Waals surface area contributed by atoms with E-state index in [4.69, 9.17) is 0 Å². The van der Waals surface area contributed by atoms with Crippen molar-refractivity contribution in [2.24, 2.45) is 0 Å². The molecule has 1 saturated heterocycles. The minimum absolute atomic E-state index is 0.0356. The van der Waals surface area contributed by atoms with E-state index in [1.165, 1.54) is 6.07 Å². The van der Waals surface area contributed by atoms with Gasteiger partial charge in [0.1, 0.15) is 0 Å². The first kappa shape index (κ1) is 15.7. The van der Waals surface area contributed by atoms with Crippen LogP contribution in [0.3, 0.4) is 0 Å². The van der Waals surface area contributed by atoms with Crippen LogP contribution in [0.25, 0.3) is 0 Å². The van der Waals surface area contributed by atoms with Gasteiger partial charge in [0.25, 0.3) is 0 Å². The van der Waals surface area contributed by atoms with E-state index in [-0.39, 0.29) is 24.6 Å². The largest absolute Gasteiger partial charge is 0.394 e. The van der Waals surface area contributed by atoms with Gasteiger partial charge in [0, 0.05) is 13.1 Å². The molecular weight excluding hydrogens is 278 g/mol. The Kier molecular flexibility index (Phi) is 5.12. The van der Waals surface area contributed by atoms with Gasteiger partial charge in [0.2, 0.25) is 0 Å². The first-order valence-electron chi connectivity index (χ1n) is 7.13. The fourth-order valence-electron chi connectivity index (χ4n) is 2.57. The van der Waals surface area contributed by atoms with Crippen LogP contribution in [0.4, 0.5) is 13.6 Å². The summed E-state index contributed by atoms with van der Waals surface area (Å²) in [5, 5.41) is 12.0. The molecule has 6 heteroatoms. The van der Waals surface area contributed by atoms with Gasteiger partial charge in [0.05, 0.1) is 12.6 Å². The molecule has 2 N–H and O–H groups in total. The lowest BCUT2D eigenvalue weighted by Gasteiger charge is -2.24. The summed E-state index contributed by atoms with van der Waals surface area (Å²) in [7, 11) is 0.